The van der Waals surface area contributed by atoms with Gasteiger partial charge in [0.1, 0.15) is 43.2 Å². The first-order valence-electron chi connectivity index (χ1n) is 49.6. The Bertz CT molecular complexity index is 5100. The number of amides is 10. The Morgan fingerprint density at radius 1 is 0.538 bits per heavy atom. The molecule has 4 aliphatic carbocycles. The predicted molar refractivity (Wildman–Crippen MR) is 530 cm³/mol. The molecule has 5 heterocycles. The number of nitrogens with one attached hydrogen (secondary N) is 8. The van der Waals surface area contributed by atoms with Gasteiger partial charge in [0, 0.05) is 93.0 Å². The molecule has 2 aliphatic heterocycles. The second-order valence-electron chi connectivity index (χ2n) is 37.9. The van der Waals surface area contributed by atoms with Crippen LogP contribution in [0.15, 0.2) is 97.2 Å². The summed E-state index contributed by atoms with van der Waals surface area (Å²) in [5.41, 5.74) is 4.99. The van der Waals surface area contributed by atoms with E-state index in [2.05, 4.69) is 61.4 Å². The molecule has 0 saturated heterocycles. The lowest BCUT2D eigenvalue weighted by atomic mass is 9.39. The lowest BCUT2D eigenvalue weighted by Gasteiger charge is -2.69. The van der Waals surface area contributed by atoms with Gasteiger partial charge in [-0.2, -0.15) is 5.10 Å². The van der Waals surface area contributed by atoms with E-state index in [0.29, 0.717) is 229 Å². The van der Waals surface area contributed by atoms with E-state index < -0.39 is 65.5 Å². The van der Waals surface area contributed by atoms with Crippen molar-refractivity contribution in [2.24, 2.45) is 22.2 Å². The number of hydrogen-bond donors (Lipinski definition) is 9. The summed E-state index contributed by atoms with van der Waals surface area (Å²) in [7, 11) is 1.63. The van der Waals surface area contributed by atoms with Gasteiger partial charge >= 0.3 is 12.1 Å². The van der Waals surface area contributed by atoms with E-state index in [4.69, 9.17) is 76.4 Å². The van der Waals surface area contributed by atoms with Crippen molar-refractivity contribution in [1.82, 2.24) is 56.5 Å². The third kappa shape index (κ3) is 36.1. The molecular weight excluding hydrogens is 1870 g/mol. The number of rotatable bonds is 69. The largest absolute Gasteiger partial charge is 0.476 e. The van der Waals surface area contributed by atoms with E-state index in [1.54, 1.807) is 63.6 Å². The van der Waals surface area contributed by atoms with Crippen molar-refractivity contribution in [3.8, 4) is 11.1 Å². The lowest BCUT2D eigenvalue weighted by molar-refractivity contribution is -0.247. The average molecular weight is 2010 g/mol. The van der Waals surface area contributed by atoms with Crippen LogP contribution in [-0.4, -0.2) is 317 Å². The number of nitrogens with zero attached hydrogens (tertiary/aromatic N) is 6. The van der Waals surface area contributed by atoms with Crippen LogP contribution in [-0.2, 0) is 131 Å². The Labute approximate surface area is 839 Å². The zero-order valence-corrected chi connectivity index (χ0v) is 84.5. The molecule has 41 heteroatoms. The molecular formula is C102H144N14O26S. The Hall–Kier alpha value is -10.9. The number of benzene rings is 3. The number of thiazole rings is 1. The Morgan fingerprint density at radius 3 is 1.72 bits per heavy atom. The SMILES string of the molecule is COCCOCCOCCOCCOCCOCCOCCOCCOCCOCCOCCOCC(=O)NCCCC[C@H](NC(=O)OCc1ccc(NC(=O)[C@H](C)NC(=O)[C@@H](NC(=O)CCCCCN2C(=O)C=CC2=O)C(C)C)cc1)C(=O)N[C@@H](C)C(=O)NCCOC12CC3(C)CC(C)(CC(Cn4ncc(-c5ccc(N6CCc7cccc(C(=O)Nc8nc9ccccc9s8)c7C6)nc5C(=O)O)c4C)(C3)C1)C2. The van der Waals surface area contributed by atoms with Gasteiger partial charge in [0.15, 0.2) is 10.8 Å². The fourth-order valence-corrected chi connectivity index (χ4v) is 20.6. The summed E-state index contributed by atoms with van der Waals surface area (Å²) in [6, 6.07) is 19.2. The Balaban J connectivity index is 0.592. The third-order valence-electron chi connectivity index (χ3n) is 25.6. The summed E-state index contributed by atoms with van der Waals surface area (Å²) in [6.07, 6.45) is 11.7. The van der Waals surface area contributed by atoms with E-state index in [0.717, 1.165) is 70.5 Å². The first kappa shape index (κ1) is 112. The molecule has 3 aromatic carbocycles. The van der Waals surface area contributed by atoms with E-state index in [1.165, 1.54) is 37.3 Å². The number of imide groups is 1. The highest BCUT2D eigenvalue weighted by Gasteiger charge is 2.66. The minimum Gasteiger partial charge on any atom is -0.476 e. The number of aromatic nitrogens is 4. The highest BCUT2D eigenvalue weighted by atomic mass is 32.1. The van der Waals surface area contributed by atoms with Crippen molar-refractivity contribution in [2.75, 3.05) is 207 Å². The number of alkyl carbamates (subject to hydrolysis) is 1. The number of unbranched alkanes of at least 4 members (excludes halogenated alkanes) is 3. The molecule has 3 aromatic heterocycles. The minimum absolute atomic E-state index is 0.0632. The van der Waals surface area contributed by atoms with Gasteiger partial charge in [-0.05, 0) is 179 Å². The summed E-state index contributed by atoms with van der Waals surface area (Å²) < 4.78 is 81.2. The Morgan fingerprint density at radius 2 is 1.13 bits per heavy atom. The summed E-state index contributed by atoms with van der Waals surface area (Å²) in [6.45, 7) is 24.3. The van der Waals surface area contributed by atoms with Crippen molar-refractivity contribution in [1.29, 1.82) is 0 Å². The molecule has 6 aliphatic rings. The number of methoxy groups -OCH3 is 1. The second-order valence-corrected chi connectivity index (χ2v) is 39.0. The summed E-state index contributed by atoms with van der Waals surface area (Å²) >= 11 is 1.40. The van der Waals surface area contributed by atoms with Crippen molar-refractivity contribution in [3.63, 3.8) is 0 Å². The summed E-state index contributed by atoms with van der Waals surface area (Å²) in [5, 5.41) is 38.7. The lowest BCUT2D eigenvalue weighted by Crippen LogP contribution is -2.64. The quantitative estimate of drug-likeness (QED) is 0.0127. The van der Waals surface area contributed by atoms with Gasteiger partial charge < -0.3 is 114 Å². The number of hydrogen-bond acceptors (Lipinski definition) is 30. The second kappa shape index (κ2) is 57.7. The van der Waals surface area contributed by atoms with Gasteiger partial charge in [-0.25, -0.2) is 19.6 Å². The van der Waals surface area contributed by atoms with Crippen LogP contribution in [0, 0.1) is 29.1 Å². The fourth-order valence-electron chi connectivity index (χ4n) is 19.7. The molecule has 0 spiro atoms. The van der Waals surface area contributed by atoms with Crippen molar-refractivity contribution >= 4 is 103 Å². The van der Waals surface area contributed by atoms with Gasteiger partial charge in [-0.15, -0.1) is 0 Å². The van der Waals surface area contributed by atoms with Crippen LogP contribution in [0.3, 0.4) is 0 Å². The number of carboxylic acid groups (broad SMARTS) is 1. The third-order valence-corrected chi connectivity index (χ3v) is 26.5. The topological polar surface area (TPSA) is 484 Å². The summed E-state index contributed by atoms with van der Waals surface area (Å²) in [5.74, 6) is -5.02. The van der Waals surface area contributed by atoms with E-state index in [-0.39, 0.29) is 123 Å². The molecule has 9 N–H and O–H groups in total. The van der Waals surface area contributed by atoms with Crippen LogP contribution < -0.4 is 47.4 Å². The van der Waals surface area contributed by atoms with E-state index in [1.807, 2.05) is 59.0 Å². The van der Waals surface area contributed by atoms with Crippen LogP contribution in [0.25, 0.3) is 21.3 Å². The fraction of sp³-hybridized carbons (Fsp3) is 0.608. The molecule has 4 bridgehead atoms. The smallest absolute Gasteiger partial charge is 0.408 e. The zero-order valence-electron chi connectivity index (χ0n) is 83.7. The van der Waals surface area contributed by atoms with Crippen LogP contribution in [0.1, 0.15) is 168 Å². The number of anilines is 3. The average Bonchev–Trinajstić information content (AvgIpc) is 1.23. The molecule has 10 amide bonds. The molecule has 0 radical (unpaired) electrons. The number of carbonyl (C=O) groups excluding carboxylic acids is 10. The summed E-state index contributed by atoms with van der Waals surface area (Å²) in [4.78, 5) is 158. The normalized spacial score (nSPS) is 18.7. The molecule has 12 rings (SSSR count). The Kier molecular flexibility index (Phi) is 45.4. The van der Waals surface area contributed by atoms with Crippen LogP contribution in [0.5, 0.6) is 0 Å². The molecule has 784 valence electrons. The molecule has 2 unspecified atom stereocenters. The highest BCUT2D eigenvalue weighted by molar-refractivity contribution is 7.22. The zero-order chi connectivity index (χ0) is 102. The monoisotopic (exact) mass is 2010 g/mol. The van der Waals surface area contributed by atoms with E-state index >= 15 is 0 Å². The van der Waals surface area contributed by atoms with Gasteiger partial charge in [0.05, 0.1) is 174 Å². The molecule has 4 saturated carbocycles. The first-order valence-corrected chi connectivity index (χ1v) is 50.4. The van der Waals surface area contributed by atoms with Crippen LogP contribution in [0.4, 0.5) is 21.4 Å². The van der Waals surface area contributed by atoms with Gasteiger partial charge in [0.25, 0.3) is 17.7 Å². The highest BCUT2D eigenvalue weighted by Crippen LogP contribution is 2.72. The van der Waals surface area contributed by atoms with Crippen molar-refractivity contribution < 1.29 is 124 Å². The predicted octanol–water partition coefficient (Wildman–Crippen LogP) is 8.61. The first-order chi connectivity index (χ1) is 69.0. The van der Waals surface area contributed by atoms with Crippen LogP contribution >= 0.6 is 11.3 Å². The molecule has 4 fully saturated rings. The number of fused-ring (bicyclic) bond motifs is 2. The standard InChI is InChI=1S/C102H144N14O26S/c1-70(2)89(112-85(117)22-10-9-15-34-115-87(119)29-30-88(115)120)95(125)107-72(4)92(122)108-76-25-23-74(24-26-76)61-141-98(128)110-82(20-13-14-32-103-86(118)62-140-58-57-139-56-55-138-54-53-137-52-51-136-50-49-135-48-47-134-46-45-133-44-43-132-42-41-131-40-39-130-38-37-129-8)94(124)106-71(3)91(121)104-33-36-142-102-66-99(6)63-100(7,67-102)65-101(64-99,68-102)69-116-73(5)79(59-105-116)77-27-28-84(111-90(77)96(126)127)114-35-31-75-17-16-18-78(80(75)60-114)93(123)113-97-109-81-19-11-12-21-83(81)143-97/h11-12,16-19,21,23-30,59,70-72,82,89H,9-10,13-15,20,22,31-58,60-69H2,1-8H3,(H,103,118)(H,104,121)(H,106,124)(H,107,125)(H,108,122)(H,110,128)(H,112,117)(H,126,127)(H,109,113,123)/t71-,72-,82-,89-,99?,100?,101?,102?/m0/s1. The maximum Gasteiger partial charge on any atom is 0.408 e. The number of ether oxygens (including phenoxy) is 14. The maximum absolute atomic E-state index is 14.3. The van der Waals surface area contributed by atoms with E-state index in [9.17, 15) is 57.8 Å². The maximum atomic E-state index is 14.3. The number of carboxylic acids is 1. The number of aromatic carboxylic acids is 1. The number of carbonyl (C=O) groups is 11. The van der Waals surface area contributed by atoms with Crippen LogP contribution in [0.2, 0.25) is 0 Å². The van der Waals surface area contributed by atoms with Gasteiger partial charge in [-0.1, -0.05) is 81.9 Å². The van der Waals surface area contributed by atoms with Gasteiger partial charge in [-0.3, -0.25) is 58.0 Å². The van der Waals surface area contributed by atoms with Crippen molar-refractivity contribution in [2.45, 2.75) is 188 Å². The molecule has 6 aromatic rings. The molecule has 40 nitrogen and oxygen atoms in total. The number of para-hydroxylation sites is 1. The molecule has 143 heavy (non-hydrogen) atoms. The minimum atomic E-state index is -1.19. The number of pyridine rings is 1. The van der Waals surface area contributed by atoms with Gasteiger partial charge in [0.2, 0.25) is 35.4 Å². The van der Waals surface area contributed by atoms with Crippen molar-refractivity contribution in [3.05, 3.63) is 131 Å². The molecule has 6 atom stereocenters.